The number of hydrogen-bond donors (Lipinski definition) is 1. The number of benzene rings is 1. The lowest BCUT2D eigenvalue weighted by molar-refractivity contribution is -0.119. The van der Waals surface area contributed by atoms with Gasteiger partial charge in [0.05, 0.1) is 12.4 Å². The molecule has 1 amide bonds. The van der Waals surface area contributed by atoms with Crippen molar-refractivity contribution in [3.63, 3.8) is 0 Å². The maximum Gasteiger partial charge on any atom is 0.232 e. The normalized spacial score (nSPS) is 12.0. The van der Waals surface area contributed by atoms with Crippen LogP contribution in [0.5, 0.6) is 5.75 Å². The summed E-state index contributed by atoms with van der Waals surface area (Å²) in [5.74, 6) is 1.51. The Kier molecular flexibility index (Phi) is 5.65. The summed E-state index contributed by atoms with van der Waals surface area (Å²) in [4.78, 5) is 11.4. The maximum atomic E-state index is 11.4. The Hall–Kier alpha value is -0.870. The highest BCUT2D eigenvalue weighted by molar-refractivity contribution is 7.99. The largest absolute Gasteiger partial charge is 0.496 e. The van der Waals surface area contributed by atoms with Crippen LogP contribution in [0.4, 0.5) is 0 Å². The Morgan fingerprint density at radius 1 is 1.59 bits per heavy atom. The van der Waals surface area contributed by atoms with Crippen LogP contribution in [-0.2, 0) is 10.5 Å². The summed E-state index contributed by atoms with van der Waals surface area (Å²) in [6.45, 7) is 1.88. The monoisotopic (exact) mass is 273 g/mol. The van der Waals surface area contributed by atoms with Crippen molar-refractivity contribution < 1.29 is 9.53 Å². The zero-order valence-electron chi connectivity index (χ0n) is 10.1. The molecule has 1 aromatic carbocycles. The number of methoxy groups -OCH3 is 1. The second kappa shape index (κ2) is 6.77. The first-order valence-electron chi connectivity index (χ1n) is 5.24. The first kappa shape index (κ1) is 14.2. The summed E-state index contributed by atoms with van der Waals surface area (Å²) in [6.07, 6.45) is 0. The summed E-state index contributed by atoms with van der Waals surface area (Å²) in [6, 6.07) is 5.49. The van der Waals surface area contributed by atoms with Crippen LogP contribution in [0.1, 0.15) is 12.5 Å². The smallest absolute Gasteiger partial charge is 0.232 e. The van der Waals surface area contributed by atoms with E-state index in [1.54, 1.807) is 32.0 Å². The van der Waals surface area contributed by atoms with E-state index >= 15 is 0 Å². The first-order chi connectivity index (χ1) is 8.08. The lowest BCUT2D eigenvalue weighted by Gasteiger charge is -2.12. The molecule has 0 aliphatic carbocycles. The van der Waals surface area contributed by atoms with E-state index in [0.29, 0.717) is 10.8 Å². The second-order valence-electron chi connectivity index (χ2n) is 3.52. The third-order valence-corrected chi connectivity index (χ3v) is 3.77. The van der Waals surface area contributed by atoms with E-state index in [2.05, 4.69) is 5.32 Å². The fourth-order valence-electron chi connectivity index (χ4n) is 1.35. The van der Waals surface area contributed by atoms with Crippen molar-refractivity contribution >= 4 is 29.3 Å². The van der Waals surface area contributed by atoms with Gasteiger partial charge in [-0.15, -0.1) is 11.8 Å². The molecule has 1 unspecified atom stereocenters. The minimum absolute atomic E-state index is 0.0241. The Morgan fingerprint density at radius 3 is 2.88 bits per heavy atom. The third-order valence-electron chi connectivity index (χ3n) is 2.35. The highest BCUT2D eigenvalue weighted by Crippen LogP contribution is 2.28. The molecule has 1 rings (SSSR count). The van der Waals surface area contributed by atoms with Gasteiger partial charge in [0.25, 0.3) is 0 Å². The van der Waals surface area contributed by atoms with Crippen LogP contribution in [0, 0.1) is 0 Å². The standard InChI is InChI=1S/C12H16ClNO2S/c1-8(12(15)14-2)17-7-9-6-10(13)4-5-11(9)16-3/h4-6,8H,7H2,1-3H3,(H,14,15). The van der Waals surface area contributed by atoms with Crippen LogP contribution >= 0.6 is 23.4 Å². The van der Waals surface area contributed by atoms with E-state index in [1.165, 1.54) is 0 Å². The number of ether oxygens (including phenoxy) is 1. The summed E-state index contributed by atoms with van der Waals surface area (Å²) in [5, 5.41) is 3.21. The summed E-state index contributed by atoms with van der Waals surface area (Å²) in [5.41, 5.74) is 1.00. The zero-order chi connectivity index (χ0) is 12.8. The quantitative estimate of drug-likeness (QED) is 0.896. The Morgan fingerprint density at radius 2 is 2.29 bits per heavy atom. The topological polar surface area (TPSA) is 38.3 Å². The Balaban J connectivity index is 2.68. The molecule has 17 heavy (non-hydrogen) atoms. The molecule has 0 radical (unpaired) electrons. The molecular formula is C12H16ClNO2S. The van der Waals surface area contributed by atoms with Crippen molar-refractivity contribution in [3.8, 4) is 5.75 Å². The van der Waals surface area contributed by atoms with E-state index in [-0.39, 0.29) is 11.2 Å². The highest BCUT2D eigenvalue weighted by atomic mass is 35.5. The fourth-order valence-corrected chi connectivity index (χ4v) is 2.47. The molecule has 1 atom stereocenters. The van der Waals surface area contributed by atoms with Gasteiger partial charge in [0.15, 0.2) is 0 Å². The summed E-state index contributed by atoms with van der Waals surface area (Å²) < 4.78 is 5.25. The van der Waals surface area contributed by atoms with Crippen molar-refractivity contribution in [1.29, 1.82) is 0 Å². The molecule has 0 saturated heterocycles. The SMILES string of the molecule is CNC(=O)C(C)SCc1cc(Cl)ccc1OC. The number of carbonyl (C=O) groups is 1. The van der Waals surface area contributed by atoms with Crippen LogP contribution in [0.15, 0.2) is 18.2 Å². The molecule has 0 fully saturated rings. The molecule has 0 aliphatic rings. The first-order valence-corrected chi connectivity index (χ1v) is 6.66. The molecule has 3 nitrogen and oxygen atoms in total. The van der Waals surface area contributed by atoms with E-state index in [1.807, 2.05) is 19.1 Å². The van der Waals surface area contributed by atoms with Gasteiger partial charge in [-0.2, -0.15) is 0 Å². The van der Waals surface area contributed by atoms with Gasteiger partial charge in [-0.3, -0.25) is 4.79 Å². The maximum absolute atomic E-state index is 11.4. The van der Waals surface area contributed by atoms with Crippen molar-refractivity contribution in [2.24, 2.45) is 0 Å². The predicted octanol–water partition coefficient (Wildman–Crippen LogP) is 2.72. The number of nitrogens with one attached hydrogen (secondary N) is 1. The van der Waals surface area contributed by atoms with Crippen LogP contribution in [0.3, 0.4) is 0 Å². The van der Waals surface area contributed by atoms with Crippen LogP contribution < -0.4 is 10.1 Å². The van der Waals surface area contributed by atoms with E-state index in [4.69, 9.17) is 16.3 Å². The van der Waals surface area contributed by atoms with Gasteiger partial charge in [0.1, 0.15) is 5.75 Å². The number of rotatable bonds is 5. The van der Waals surface area contributed by atoms with Crippen molar-refractivity contribution in [3.05, 3.63) is 28.8 Å². The third kappa shape index (κ3) is 4.13. The van der Waals surface area contributed by atoms with E-state index in [9.17, 15) is 4.79 Å². The number of halogens is 1. The molecule has 5 heteroatoms. The predicted molar refractivity (Wildman–Crippen MR) is 72.8 cm³/mol. The molecule has 94 valence electrons. The lowest BCUT2D eigenvalue weighted by atomic mass is 10.2. The minimum atomic E-state index is -0.0938. The van der Waals surface area contributed by atoms with Gasteiger partial charge >= 0.3 is 0 Å². The molecule has 0 bridgehead atoms. The molecule has 0 aliphatic heterocycles. The van der Waals surface area contributed by atoms with Gasteiger partial charge < -0.3 is 10.1 Å². The van der Waals surface area contributed by atoms with E-state index in [0.717, 1.165) is 11.3 Å². The van der Waals surface area contributed by atoms with Crippen LogP contribution in [-0.4, -0.2) is 25.3 Å². The Bertz CT molecular complexity index is 398. The van der Waals surface area contributed by atoms with Crippen molar-refractivity contribution in [1.82, 2.24) is 5.32 Å². The fraction of sp³-hybridized carbons (Fsp3) is 0.417. The second-order valence-corrected chi connectivity index (χ2v) is 5.29. The lowest BCUT2D eigenvalue weighted by Crippen LogP contribution is -2.27. The van der Waals surface area contributed by atoms with E-state index < -0.39 is 0 Å². The molecular weight excluding hydrogens is 258 g/mol. The Labute approximate surface area is 111 Å². The van der Waals surface area contributed by atoms with Gasteiger partial charge in [0, 0.05) is 23.4 Å². The van der Waals surface area contributed by atoms with Crippen molar-refractivity contribution in [2.75, 3.05) is 14.2 Å². The molecule has 0 aromatic heterocycles. The average molecular weight is 274 g/mol. The number of amides is 1. The number of hydrogen-bond acceptors (Lipinski definition) is 3. The van der Waals surface area contributed by atoms with Gasteiger partial charge in [-0.1, -0.05) is 11.6 Å². The van der Waals surface area contributed by atoms with Gasteiger partial charge in [-0.05, 0) is 25.1 Å². The number of thioether (sulfide) groups is 1. The zero-order valence-corrected chi connectivity index (χ0v) is 11.7. The van der Waals surface area contributed by atoms with Crippen LogP contribution in [0.25, 0.3) is 0 Å². The molecule has 1 N–H and O–H groups in total. The number of carbonyl (C=O) groups excluding carboxylic acids is 1. The summed E-state index contributed by atoms with van der Waals surface area (Å²) >= 11 is 7.48. The van der Waals surface area contributed by atoms with Gasteiger partial charge in [0.2, 0.25) is 5.91 Å². The molecule has 0 saturated carbocycles. The van der Waals surface area contributed by atoms with Crippen LogP contribution in [0.2, 0.25) is 5.02 Å². The molecule has 1 aromatic rings. The van der Waals surface area contributed by atoms with Crippen molar-refractivity contribution in [2.45, 2.75) is 17.9 Å². The average Bonchev–Trinajstić information content (AvgIpc) is 2.35. The van der Waals surface area contributed by atoms with Gasteiger partial charge in [-0.25, -0.2) is 0 Å². The minimum Gasteiger partial charge on any atom is -0.496 e. The highest BCUT2D eigenvalue weighted by Gasteiger charge is 2.13. The summed E-state index contributed by atoms with van der Waals surface area (Å²) in [7, 11) is 3.26. The molecule has 0 heterocycles. The molecule has 0 spiro atoms.